The number of nitrogens with one attached hydrogen (secondary N) is 1. The fourth-order valence-electron chi connectivity index (χ4n) is 3.96. The van der Waals surface area contributed by atoms with E-state index in [9.17, 15) is 9.59 Å². The summed E-state index contributed by atoms with van der Waals surface area (Å²) in [4.78, 5) is 30.8. The van der Waals surface area contributed by atoms with Crippen LogP contribution in [0.5, 0.6) is 0 Å². The van der Waals surface area contributed by atoms with Gasteiger partial charge in [0.1, 0.15) is 0 Å². The maximum Gasteiger partial charge on any atom is 0.317 e. The number of anilines is 1. The number of amides is 2. The van der Waals surface area contributed by atoms with Gasteiger partial charge in [0.05, 0.1) is 6.04 Å². The fraction of sp³-hybridized carbons (Fsp3) is 0.478. The van der Waals surface area contributed by atoms with Crippen LogP contribution in [0.25, 0.3) is 0 Å². The third-order valence-corrected chi connectivity index (χ3v) is 6.54. The third kappa shape index (κ3) is 5.40. The van der Waals surface area contributed by atoms with Crippen molar-refractivity contribution in [2.45, 2.75) is 26.8 Å². The molecular weight excluding hydrogens is 396 g/mol. The molecule has 3 rings (SSSR count). The minimum atomic E-state index is 0.00830. The molecule has 162 valence electrons. The molecule has 0 aliphatic carbocycles. The van der Waals surface area contributed by atoms with E-state index in [-0.39, 0.29) is 17.9 Å². The van der Waals surface area contributed by atoms with Crippen LogP contribution in [0.3, 0.4) is 0 Å². The van der Waals surface area contributed by atoms with Crippen LogP contribution >= 0.6 is 11.3 Å². The van der Waals surface area contributed by atoms with Crippen LogP contribution in [-0.4, -0.2) is 67.4 Å². The van der Waals surface area contributed by atoms with Crippen LogP contribution in [0.4, 0.5) is 10.5 Å². The molecule has 2 amide bonds. The molecule has 0 radical (unpaired) electrons. The lowest BCUT2D eigenvalue weighted by molar-refractivity contribution is 0.101. The zero-order valence-electron chi connectivity index (χ0n) is 18.1. The number of piperazine rings is 1. The van der Waals surface area contributed by atoms with Crippen molar-refractivity contribution in [2.75, 3.05) is 50.7 Å². The Morgan fingerprint density at radius 1 is 1.07 bits per heavy atom. The Morgan fingerprint density at radius 3 is 2.27 bits per heavy atom. The molecule has 1 fully saturated rings. The van der Waals surface area contributed by atoms with Crippen molar-refractivity contribution in [3.05, 3.63) is 52.2 Å². The van der Waals surface area contributed by atoms with Crippen molar-refractivity contribution >= 4 is 28.8 Å². The summed E-state index contributed by atoms with van der Waals surface area (Å²) in [7, 11) is 0. The minimum Gasteiger partial charge on any atom is -0.368 e. The first kappa shape index (κ1) is 22.3. The van der Waals surface area contributed by atoms with Crippen molar-refractivity contribution in [3.8, 4) is 0 Å². The predicted molar refractivity (Wildman–Crippen MR) is 124 cm³/mol. The fourth-order valence-corrected chi connectivity index (χ4v) is 4.66. The number of hydrogen-bond acceptors (Lipinski definition) is 5. The quantitative estimate of drug-likeness (QED) is 0.649. The molecule has 1 N–H and O–H groups in total. The molecule has 0 saturated carbocycles. The van der Waals surface area contributed by atoms with Crippen molar-refractivity contribution in [3.63, 3.8) is 0 Å². The summed E-state index contributed by atoms with van der Waals surface area (Å²) in [6, 6.07) is 10.1. The smallest absolute Gasteiger partial charge is 0.317 e. The molecule has 30 heavy (non-hydrogen) atoms. The number of benzene rings is 1. The highest BCUT2D eigenvalue weighted by atomic mass is 32.1. The molecule has 1 aliphatic rings. The van der Waals surface area contributed by atoms with Crippen molar-refractivity contribution in [1.82, 2.24) is 15.1 Å². The van der Waals surface area contributed by atoms with Gasteiger partial charge in [-0.25, -0.2) is 4.79 Å². The van der Waals surface area contributed by atoms with Gasteiger partial charge < -0.3 is 15.1 Å². The van der Waals surface area contributed by atoms with Gasteiger partial charge >= 0.3 is 6.03 Å². The second kappa shape index (κ2) is 10.6. The number of likely N-dealkylation sites (N-methyl/N-ethyl adjacent to an activating group) is 1. The Bertz CT molecular complexity index is 810. The monoisotopic (exact) mass is 428 g/mol. The summed E-state index contributed by atoms with van der Waals surface area (Å²) < 4.78 is 0. The van der Waals surface area contributed by atoms with Gasteiger partial charge in [-0.15, -0.1) is 0 Å². The Kier molecular flexibility index (Phi) is 7.87. The molecule has 1 saturated heterocycles. The number of Topliss-reactive ketones (excluding diaryl/α,β-unsaturated/α-hetero) is 1. The molecular formula is C23H32N4O2S. The Morgan fingerprint density at radius 2 is 1.73 bits per heavy atom. The highest BCUT2D eigenvalue weighted by Gasteiger charge is 2.24. The normalized spacial score (nSPS) is 15.3. The average Bonchev–Trinajstić information content (AvgIpc) is 3.31. The van der Waals surface area contributed by atoms with Crippen LogP contribution in [0, 0.1) is 0 Å². The molecule has 1 aliphatic heterocycles. The molecule has 0 unspecified atom stereocenters. The largest absolute Gasteiger partial charge is 0.368 e. The lowest BCUT2D eigenvalue weighted by atomic mass is 10.1. The van der Waals surface area contributed by atoms with Crippen LogP contribution in [0.2, 0.25) is 0 Å². The number of ketones is 1. The number of rotatable bonds is 8. The van der Waals surface area contributed by atoms with E-state index in [1.165, 1.54) is 5.56 Å². The van der Waals surface area contributed by atoms with E-state index in [1.54, 1.807) is 18.3 Å². The van der Waals surface area contributed by atoms with Gasteiger partial charge in [0, 0.05) is 44.0 Å². The summed E-state index contributed by atoms with van der Waals surface area (Å²) in [6.07, 6.45) is 0. The molecule has 0 spiro atoms. The lowest BCUT2D eigenvalue weighted by Crippen LogP contribution is -2.52. The van der Waals surface area contributed by atoms with E-state index in [2.05, 4.69) is 45.8 Å². The zero-order chi connectivity index (χ0) is 21.5. The first-order valence-electron chi connectivity index (χ1n) is 10.7. The van der Waals surface area contributed by atoms with E-state index in [4.69, 9.17) is 0 Å². The second-order valence-electron chi connectivity index (χ2n) is 7.56. The van der Waals surface area contributed by atoms with Gasteiger partial charge in [0.2, 0.25) is 0 Å². The predicted octanol–water partition coefficient (Wildman–Crippen LogP) is 3.87. The Labute approximate surface area is 183 Å². The first-order chi connectivity index (χ1) is 14.5. The summed E-state index contributed by atoms with van der Waals surface area (Å²) in [5, 5.41) is 7.42. The molecule has 7 heteroatoms. The van der Waals surface area contributed by atoms with Gasteiger partial charge in [0.15, 0.2) is 5.78 Å². The van der Waals surface area contributed by atoms with Crippen LogP contribution in [0.1, 0.15) is 42.7 Å². The van der Waals surface area contributed by atoms with Crippen molar-refractivity contribution in [2.24, 2.45) is 0 Å². The first-order valence-corrected chi connectivity index (χ1v) is 11.6. The third-order valence-electron chi connectivity index (χ3n) is 5.83. The molecule has 2 aromatic rings. The summed E-state index contributed by atoms with van der Waals surface area (Å²) >= 11 is 1.70. The van der Waals surface area contributed by atoms with Crippen molar-refractivity contribution in [1.29, 1.82) is 0 Å². The second-order valence-corrected chi connectivity index (χ2v) is 8.34. The number of thiophene rings is 1. The number of carbonyl (C=O) groups is 2. The van der Waals surface area contributed by atoms with E-state index < -0.39 is 0 Å². The average molecular weight is 429 g/mol. The molecule has 2 heterocycles. The maximum absolute atomic E-state index is 12.8. The topological polar surface area (TPSA) is 55.9 Å². The van der Waals surface area contributed by atoms with Crippen LogP contribution < -0.4 is 10.2 Å². The van der Waals surface area contributed by atoms with E-state index in [0.29, 0.717) is 19.6 Å². The molecule has 1 aromatic heterocycles. The Hall–Kier alpha value is -2.38. The number of urea groups is 1. The van der Waals surface area contributed by atoms with Crippen LogP contribution in [0.15, 0.2) is 41.1 Å². The van der Waals surface area contributed by atoms with Gasteiger partial charge in [-0.05, 0) is 66.7 Å². The minimum absolute atomic E-state index is 0.00830. The lowest BCUT2D eigenvalue weighted by Gasteiger charge is -2.37. The molecule has 1 aromatic carbocycles. The van der Waals surface area contributed by atoms with Gasteiger partial charge in [-0.3, -0.25) is 9.69 Å². The van der Waals surface area contributed by atoms with Crippen LogP contribution in [-0.2, 0) is 0 Å². The summed E-state index contributed by atoms with van der Waals surface area (Å²) in [6.45, 7) is 11.4. The van der Waals surface area contributed by atoms with E-state index in [1.807, 2.05) is 29.2 Å². The SMILES string of the molecule is CCN(CC)[C@H](CNC(=O)N1CCN(c2ccc(C(C)=O)cc2)CC1)c1ccsc1. The molecule has 1 atom stereocenters. The number of nitrogens with zero attached hydrogens (tertiary/aromatic N) is 3. The molecule has 6 nitrogen and oxygen atoms in total. The van der Waals surface area contributed by atoms with Gasteiger partial charge in [0.25, 0.3) is 0 Å². The zero-order valence-corrected chi connectivity index (χ0v) is 19.0. The van der Waals surface area contributed by atoms with Crippen molar-refractivity contribution < 1.29 is 9.59 Å². The van der Waals surface area contributed by atoms with Gasteiger partial charge in [-0.1, -0.05) is 13.8 Å². The van der Waals surface area contributed by atoms with Gasteiger partial charge in [-0.2, -0.15) is 11.3 Å². The summed E-state index contributed by atoms with van der Waals surface area (Å²) in [5.41, 5.74) is 3.09. The van der Waals surface area contributed by atoms with E-state index in [0.717, 1.165) is 37.4 Å². The Balaban J connectivity index is 1.52. The number of hydrogen-bond donors (Lipinski definition) is 1. The standard InChI is InChI=1S/C23H32N4O2S/c1-4-25(5-2)22(20-10-15-30-17-20)16-24-23(29)27-13-11-26(12-14-27)21-8-6-19(7-9-21)18(3)28/h6-10,15,17,22H,4-5,11-14,16H2,1-3H3,(H,24,29)/t22-/m1/s1. The van der Waals surface area contributed by atoms with E-state index >= 15 is 0 Å². The maximum atomic E-state index is 12.8. The number of carbonyl (C=O) groups excluding carboxylic acids is 2. The summed E-state index contributed by atoms with van der Waals surface area (Å²) in [5.74, 6) is 0.0773. The highest BCUT2D eigenvalue weighted by molar-refractivity contribution is 7.08. The highest BCUT2D eigenvalue weighted by Crippen LogP contribution is 2.22. The molecule has 0 bridgehead atoms.